The number of hydrogen-bond acceptors (Lipinski definition) is 4. The van der Waals surface area contributed by atoms with Crippen LogP contribution in [-0.2, 0) is 14.9 Å². The van der Waals surface area contributed by atoms with Gasteiger partial charge in [0.15, 0.2) is 5.37 Å². The third-order valence-corrected chi connectivity index (χ3v) is 3.71. The number of para-hydroxylation sites is 1. The molecule has 7 heteroatoms. The van der Waals surface area contributed by atoms with Crippen LogP contribution in [-0.4, -0.2) is 24.3 Å². The van der Waals surface area contributed by atoms with E-state index in [-0.39, 0.29) is 5.57 Å². The lowest BCUT2D eigenvalue weighted by atomic mass is 10.1. The number of hydrogen-bond donors (Lipinski definition) is 2. The average Bonchev–Trinajstić information content (AvgIpc) is 2.38. The zero-order chi connectivity index (χ0) is 14.0. The van der Waals surface area contributed by atoms with Crippen LogP contribution in [0.25, 0.3) is 0 Å². The highest BCUT2D eigenvalue weighted by Crippen LogP contribution is 2.27. The first-order chi connectivity index (χ1) is 8.91. The molecule has 3 N–H and O–H groups in total. The second-order valence-corrected chi connectivity index (χ2v) is 5.41. The number of benzene rings is 1. The Bertz CT molecular complexity index is 650. The van der Waals surface area contributed by atoms with Crippen LogP contribution in [0.4, 0.5) is 5.69 Å². The number of carbonyl (C=O) groups is 1. The molecule has 0 aliphatic carbocycles. The molecule has 6 nitrogen and oxygen atoms in total. The van der Waals surface area contributed by atoms with Gasteiger partial charge >= 0.3 is 0 Å². The van der Waals surface area contributed by atoms with Gasteiger partial charge in [0.05, 0.1) is 5.57 Å². The standard InChI is InChI=1S/C12H12N2O4S/c13-11(15)10-7-4-8-14(12(10)19(16,17)18)9-5-2-1-3-6-9/h1-8,12H,(H2,13,15)(H,16,17,18). The fraction of sp³-hybridized carbons (Fsp3) is 0.0833. The third-order valence-electron chi connectivity index (χ3n) is 2.66. The Balaban J connectivity index is 2.54. The summed E-state index contributed by atoms with van der Waals surface area (Å²) in [5.41, 5.74) is 5.49. The summed E-state index contributed by atoms with van der Waals surface area (Å²) in [7, 11) is -4.51. The number of primary amides is 1. The molecule has 2 rings (SSSR count). The molecule has 1 amide bonds. The zero-order valence-electron chi connectivity index (χ0n) is 9.80. The number of nitrogens with two attached hydrogens (primary N) is 1. The van der Waals surface area contributed by atoms with Crippen molar-refractivity contribution in [3.63, 3.8) is 0 Å². The lowest BCUT2D eigenvalue weighted by Gasteiger charge is -2.31. The molecule has 1 aliphatic heterocycles. The first kappa shape index (κ1) is 13.3. The summed E-state index contributed by atoms with van der Waals surface area (Å²) in [6, 6.07) is 8.52. The molecular weight excluding hydrogens is 268 g/mol. The molecule has 1 aliphatic rings. The van der Waals surface area contributed by atoms with Gasteiger partial charge in [-0.2, -0.15) is 8.42 Å². The van der Waals surface area contributed by atoms with E-state index in [4.69, 9.17) is 5.73 Å². The predicted octanol–water partition coefficient (Wildman–Crippen LogP) is 0.646. The van der Waals surface area contributed by atoms with E-state index >= 15 is 0 Å². The molecule has 1 unspecified atom stereocenters. The molecule has 0 bridgehead atoms. The number of carbonyl (C=O) groups excluding carboxylic acids is 1. The summed E-state index contributed by atoms with van der Waals surface area (Å²) in [6.45, 7) is 0. The Labute approximate surface area is 110 Å². The normalized spacial score (nSPS) is 19.1. The third kappa shape index (κ3) is 2.67. The molecule has 19 heavy (non-hydrogen) atoms. The summed E-state index contributed by atoms with van der Waals surface area (Å²) >= 11 is 0. The quantitative estimate of drug-likeness (QED) is 0.791. The van der Waals surface area contributed by atoms with E-state index in [2.05, 4.69) is 0 Å². The highest BCUT2D eigenvalue weighted by Gasteiger charge is 2.36. The lowest BCUT2D eigenvalue weighted by Crippen LogP contribution is -2.44. The number of nitrogens with zero attached hydrogens (tertiary/aromatic N) is 1. The van der Waals surface area contributed by atoms with E-state index in [1.165, 1.54) is 23.3 Å². The Morgan fingerprint density at radius 3 is 2.42 bits per heavy atom. The van der Waals surface area contributed by atoms with E-state index in [0.717, 1.165) is 0 Å². The molecule has 0 radical (unpaired) electrons. The van der Waals surface area contributed by atoms with Crippen molar-refractivity contribution in [3.05, 3.63) is 54.3 Å². The van der Waals surface area contributed by atoms with Crippen molar-refractivity contribution in [2.45, 2.75) is 5.37 Å². The first-order valence-electron chi connectivity index (χ1n) is 5.39. The maximum atomic E-state index is 11.5. The van der Waals surface area contributed by atoms with Crippen LogP contribution in [0.3, 0.4) is 0 Å². The molecule has 0 saturated carbocycles. The summed E-state index contributed by atoms with van der Waals surface area (Å²) in [5, 5.41) is -1.53. The number of amides is 1. The minimum atomic E-state index is -4.51. The summed E-state index contributed by atoms with van der Waals surface area (Å²) in [4.78, 5) is 12.6. The molecule has 1 aromatic carbocycles. The van der Waals surface area contributed by atoms with Gasteiger partial charge in [-0.25, -0.2) is 0 Å². The van der Waals surface area contributed by atoms with Gasteiger partial charge < -0.3 is 10.6 Å². The van der Waals surface area contributed by atoms with Gasteiger partial charge in [-0.1, -0.05) is 18.2 Å². The van der Waals surface area contributed by atoms with Crippen molar-refractivity contribution in [1.29, 1.82) is 0 Å². The van der Waals surface area contributed by atoms with Crippen LogP contribution in [0.1, 0.15) is 0 Å². The topological polar surface area (TPSA) is 101 Å². The highest BCUT2D eigenvalue weighted by molar-refractivity contribution is 7.86. The minimum Gasteiger partial charge on any atom is -0.366 e. The van der Waals surface area contributed by atoms with Gasteiger partial charge in [-0.3, -0.25) is 9.35 Å². The van der Waals surface area contributed by atoms with Gasteiger partial charge in [0.1, 0.15) is 0 Å². The average molecular weight is 280 g/mol. The van der Waals surface area contributed by atoms with Crippen molar-refractivity contribution < 1.29 is 17.8 Å². The summed E-state index contributed by atoms with van der Waals surface area (Å²) < 4.78 is 32.4. The first-order valence-corrected chi connectivity index (χ1v) is 6.89. The van der Waals surface area contributed by atoms with Crippen LogP contribution in [0.2, 0.25) is 0 Å². The Morgan fingerprint density at radius 1 is 1.26 bits per heavy atom. The Kier molecular flexibility index (Phi) is 3.41. The molecule has 1 heterocycles. The van der Waals surface area contributed by atoms with Gasteiger partial charge in [0.25, 0.3) is 10.1 Å². The van der Waals surface area contributed by atoms with Crippen LogP contribution in [0, 0.1) is 0 Å². The van der Waals surface area contributed by atoms with E-state index in [1.54, 1.807) is 30.3 Å². The molecule has 0 spiro atoms. The van der Waals surface area contributed by atoms with Crippen molar-refractivity contribution in [1.82, 2.24) is 0 Å². The SMILES string of the molecule is NC(=O)C1=CC=CN(c2ccccc2)C1S(=O)(=O)O. The smallest absolute Gasteiger partial charge is 0.291 e. The van der Waals surface area contributed by atoms with Crippen molar-refractivity contribution >= 4 is 21.7 Å². The van der Waals surface area contributed by atoms with Crippen LogP contribution in [0.15, 0.2) is 54.3 Å². The molecule has 0 saturated heterocycles. The fourth-order valence-electron chi connectivity index (χ4n) is 1.88. The van der Waals surface area contributed by atoms with Crippen LogP contribution >= 0.6 is 0 Å². The zero-order valence-corrected chi connectivity index (χ0v) is 10.6. The second kappa shape index (κ2) is 4.87. The van der Waals surface area contributed by atoms with E-state index < -0.39 is 21.4 Å². The van der Waals surface area contributed by atoms with Crippen molar-refractivity contribution in [2.75, 3.05) is 4.90 Å². The molecule has 100 valence electrons. The van der Waals surface area contributed by atoms with Gasteiger partial charge in [0, 0.05) is 11.9 Å². The van der Waals surface area contributed by atoms with Gasteiger partial charge in [0.2, 0.25) is 5.91 Å². The van der Waals surface area contributed by atoms with Crippen LogP contribution in [0.5, 0.6) is 0 Å². The van der Waals surface area contributed by atoms with Crippen molar-refractivity contribution in [2.24, 2.45) is 5.73 Å². The number of allylic oxidation sites excluding steroid dienone is 2. The predicted molar refractivity (Wildman–Crippen MR) is 70.7 cm³/mol. The summed E-state index contributed by atoms with van der Waals surface area (Å²) in [6.07, 6.45) is 4.23. The molecular formula is C12H12N2O4S. The van der Waals surface area contributed by atoms with Gasteiger partial charge in [-0.15, -0.1) is 0 Å². The monoisotopic (exact) mass is 280 g/mol. The molecule has 1 atom stereocenters. The van der Waals surface area contributed by atoms with Crippen molar-refractivity contribution in [3.8, 4) is 0 Å². The van der Waals surface area contributed by atoms with E-state index in [9.17, 15) is 17.8 Å². The van der Waals surface area contributed by atoms with Gasteiger partial charge in [-0.05, 0) is 24.3 Å². The molecule has 0 aromatic heterocycles. The largest absolute Gasteiger partial charge is 0.366 e. The lowest BCUT2D eigenvalue weighted by molar-refractivity contribution is -0.114. The maximum absolute atomic E-state index is 11.5. The van der Waals surface area contributed by atoms with E-state index in [0.29, 0.717) is 5.69 Å². The summed E-state index contributed by atoms with van der Waals surface area (Å²) in [5.74, 6) is -0.895. The van der Waals surface area contributed by atoms with E-state index in [1.807, 2.05) is 0 Å². The fourth-order valence-corrected chi connectivity index (χ4v) is 2.87. The molecule has 0 fully saturated rings. The number of anilines is 1. The molecule has 1 aromatic rings. The maximum Gasteiger partial charge on any atom is 0.291 e. The minimum absolute atomic E-state index is 0.186. The Morgan fingerprint density at radius 2 is 1.89 bits per heavy atom. The second-order valence-electron chi connectivity index (χ2n) is 3.94. The van der Waals surface area contributed by atoms with Crippen LogP contribution < -0.4 is 10.6 Å². The Hall–Kier alpha value is -2.12. The number of rotatable bonds is 3. The highest BCUT2D eigenvalue weighted by atomic mass is 32.2.